The maximum atomic E-state index is 13.6. The lowest BCUT2D eigenvalue weighted by Crippen LogP contribution is -2.55. The van der Waals surface area contributed by atoms with Crippen molar-refractivity contribution < 1.29 is 9.53 Å². The Hall–Kier alpha value is -3.27. The summed E-state index contributed by atoms with van der Waals surface area (Å²) in [5.41, 5.74) is 3.00. The summed E-state index contributed by atoms with van der Waals surface area (Å²) in [5, 5.41) is 3.64. The molecule has 3 aromatic carbocycles. The zero-order chi connectivity index (χ0) is 22.4. The van der Waals surface area contributed by atoms with E-state index in [1.54, 1.807) is 0 Å². The number of ether oxygens (including phenoxy) is 1. The van der Waals surface area contributed by atoms with E-state index in [1.165, 1.54) is 19.3 Å². The average Bonchev–Trinajstić information content (AvgIpc) is 2.83. The molecule has 166 valence electrons. The van der Waals surface area contributed by atoms with Gasteiger partial charge in [-0.3, -0.25) is 4.79 Å². The standard InChI is InChI=1S/C28H32N2O2/c1-3-4-5-11-20-32-24-18-16-23(17-19-24)28(2)29-26-15-10-9-14-25(26)27(31)30(28)21-22-12-7-6-8-13-22/h6-10,12-19,29H,3-5,11,20-21H2,1-2H3. The first-order chi connectivity index (χ1) is 15.6. The number of para-hydroxylation sites is 1. The number of nitrogens with zero attached hydrogens (tertiary/aromatic N) is 1. The van der Waals surface area contributed by atoms with Crippen LogP contribution in [0.25, 0.3) is 0 Å². The number of anilines is 1. The van der Waals surface area contributed by atoms with Crippen LogP contribution in [-0.2, 0) is 12.2 Å². The Morgan fingerprint density at radius 3 is 2.34 bits per heavy atom. The molecule has 32 heavy (non-hydrogen) atoms. The monoisotopic (exact) mass is 428 g/mol. The number of unbranched alkanes of at least 4 members (excludes halogenated alkanes) is 3. The average molecular weight is 429 g/mol. The first kappa shape index (κ1) is 21.9. The molecule has 1 heterocycles. The predicted molar refractivity (Wildman–Crippen MR) is 130 cm³/mol. The van der Waals surface area contributed by atoms with Crippen LogP contribution in [0, 0.1) is 0 Å². The molecule has 4 heteroatoms. The van der Waals surface area contributed by atoms with Gasteiger partial charge in [0, 0.05) is 12.2 Å². The number of carbonyl (C=O) groups is 1. The maximum absolute atomic E-state index is 13.6. The summed E-state index contributed by atoms with van der Waals surface area (Å²) in [5.74, 6) is 0.896. The second kappa shape index (κ2) is 9.90. The van der Waals surface area contributed by atoms with Crippen molar-refractivity contribution in [3.63, 3.8) is 0 Å². The zero-order valence-corrected chi connectivity index (χ0v) is 19.0. The molecule has 1 amide bonds. The minimum Gasteiger partial charge on any atom is -0.494 e. The van der Waals surface area contributed by atoms with E-state index < -0.39 is 5.66 Å². The lowest BCUT2D eigenvalue weighted by molar-refractivity contribution is 0.0509. The smallest absolute Gasteiger partial charge is 0.258 e. The molecular weight excluding hydrogens is 396 g/mol. The quantitative estimate of drug-likeness (QED) is 0.391. The minimum atomic E-state index is -0.680. The van der Waals surface area contributed by atoms with Crippen LogP contribution in [-0.4, -0.2) is 17.4 Å². The lowest BCUT2D eigenvalue weighted by Gasteiger charge is -2.47. The van der Waals surface area contributed by atoms with Crippen molar-refractivity contribution in [3.8, 4) is 5.75 Å². The molecule has 1 aliphatic heterocycles. The molecule has 1 unspecified atom stereocenters. The zero-order valence-electron chi connectivity index (χ0n) is 19.0. The van der Waals surface area contributed by atoms with Crippen molar-refractivity contribution >= 4 is 11.6 Å². The number of fused-ring (bicyclic) bond motifs is 1. The van der Waals surface area contributed by atoms with Crippen LogP contribution in [0.4, 0.5) is 5.69 Å². The van der Waals surface area contributed by atoms with E-state index in [9.17, 15) is 4.79 Å². The first-order valence-corrected chi connectivity index (χ1v) is 11.6. The molecule has 0 saturated carbocycles. The van der Waals surface area contributed by atoms with Crippen LogP contribution in [0.3, 0.4) is 0 Å². The van der Waals surface area contributed by atoms with Gasteiger partial charge in [-0.05, 0) is 48.7 Å². The van der Waals surface area contributed by atoms with Gasteiger partial charge in [0.15, 0.2) is 0 Å². The Bertz CT molecular complexity index is 1030. The Balaban J connectivity index is 1.59. The SMILES string of the molecule is CCCCCCOc1ccc(C2(C)Nc3ccccc3C(=O)N2Cc2ccccc2)cc1. The van der Waals surface area contributed by atoms with E-state index in [4.69, 9.17) is 4.74 Å². The molecule has 0 bridgehead atoms. The van der Waals surface area contributed by atoms with E-state index in [2.05, 4.69) is 43.4 Å². The Kier molecular flexibility index (Phi) is 6.79. The Morgan fingerprint density at radius 2 is 1.59 bits per heavy atom. The van der Waals surface area contributed by atoms with E-state index in [-0.39, 0.29) is 5.91 Å². The van der Waals surface area contributed by atoms with Crippen molar-refractivity contribution in [2.24, 2.45) is 0 Å². The van der Waals surface area contributed by atoms with Crippen molar-refractivity contribution in [1.82, 2.24) is 4.90 Å². The van der Waals surface area contributed by atoms with Gasteiger partial charge >= 0.3 is 0 Å². The third kappa shape index (κ3) is 4.64. The summed E-state index contributed by atoms with van der Waals surface area (Å²) in [7, 11) is 0. The van der Waals surface area contributed by atoms with Crippen LogP contribution >= 0.6 is 0 Å². The van der Waals surface area contributed by atoms with Gasteiger partial charge in [0.2, 0.25) is 0 Å². The largest absolute Gasteiger partial charge is 0.494 e. The van der Waals surface area contributed by atoms with Crippen LogP contribution < -0.4 is 10.1 Å². The third-order valence-corrected chi connectivity index (χ3v) is 6.19. The highest BCUT2D eigenvalue weighted by Crippen LogP contribution is 2.39. The molecule has 4 nitrogen and oxygen atoms in total. The normalized spacial score (nSPS) is 17.6. The highest BCUT2D eigenvalue weighted by atomic mass is 16.5. The van der Waals surface area contributed by atoms with Crippen LogP contribution in [0.15, 0.2) is 78.9 Å². The summed E-state index contributed by atoms with van der Waals surface area (Å²) in [6.45, 7) is 5.54. The van der Waals surface area contributed by atoms with Crippen molar-refractivity contribution in [3.05, 3.63) is 95.6 Å². The molecule has 0 radical (unpaired) electrons. The number of hydrogen-bond acceptors (Lipinski definition) is 3. The molecule has 1 N–H and O–H groups in total. The van der Waals surface area contributed by atoms with Gasteiger partial charge in [-0.2, -0.15) is 0 Å². The molecular formula is C28H32N2O2. The number of rotatable bonds is 9. The van der Waals surface area contributed by atoms with Crippen molar-refractivity contribution in [2.45, 2.75) is 51.7 Å². The highest BCUT2D eigenvalue weighted by molar-refractivity contribution is 6.02. The number of benzene rings is 3. The van der Waals surface area contributed by atoms with Crippen LogP contribution in [0.1, 0.15) is 61.0 Å². The molecule has 3 aromatic rings. The second-order valence-electron chi connectivity index (χ2n) is 8.55. The first-order valence-electron chi connectivity index (χ1n) is 11.6. The Labute approximate surface area is 191 Å². The molecule has 1 aliphatic rings. The van der Waals surface area contributed by atoms with Gasteiger partial charge in [-0.15, -0.1) is 0 Å². The fourth-order valence-electron chi connectivity index (χ4n) is 4.28. The van der Waals surface area contributed by atoms with Crippen molar-refractivity contribution in [1.29, 1.82) is 0 Å². The lowest BCUT2D eigenvalue weighted by atomic mass is 9.93. The molecule has 0 fully saturated rings. The van der Waals surface area contributed by atoms with Gasteiger partial charge in [0.25, 0.3) is 5.91 Å². The topological polar surface area (TPSA) is 41.6 Å². The second-order valence-corrected chi connectivity index (χ2v) is 8.55. The fourth-order valence-corrected chi connectivity index (χ4v) is 4.28. The molecule has 0 aliphatic carbocycles. The summed E-state index contributed by atoms with van der Waals surface area (Å²) in [6.07, 6.45) is 4.75. The summed E-state index contributed by atoms with van der Waals surface area (Å²) < 4.78 is 5.93. The summed E-state index contributed by atoms with van der Waals surface area (Å²) in [4.78, 5) is 15.5. The third-order valence-electron chi connectivity index (χ3n) is 6.19. The van der Waals surface area contributed by atoms with Crippen LogP contribution in [0.5, 0.6) is 5.75 Å². The number of carbonyl (C=O) groups excluding carboxylic acids is 1. The molecule has 0 saturated heterocycles. The number of hydrogen-bond donors (Lipinski definition) is 1. The van der Waals surface area contributed by atoms with Gasteiger partial charge in [-0.25, -0.2) is 0 Å². The minimum absolute atomic E-state index is 0.0296. The van der Waals surface area contributed by atoms with Crippen LogP contribution in [0.2, 0.25) is 0 Å². The molecule has 0 spiro atoms. The van der Waals surface area contributed by atoms with Gasteiger partial charge in [-0.1, -0.05) is 80.8 Å². The maximum Gasteiger partial charge on any atom is 0.258 e. The highest BCUT2D eigenvalue weighted by Gasteiger charge is 2.42. The summed E-state index contributed by atoms with van der Waals surface area (Å²) in [6, 6.07) is 26.0. The van der Waals surface area contributed by atoms with E-state index in [1.807, 2.05) is 59.5 Å². The van der Waals surface area contributed by atoms with Crippen molar-refractivity contribution in [2.75, 3.05) is 11.9 Å². The molecule has 1 atom stereocenters. The number of nitrogens with one attached hydrogen (secondary N) is 1. The van der Waals surface area contributed by atoms with E-state index in [0.717, 1.165) is 35.6 Å². The molecule has 0 aromatic heterocycles. The van der Waals surface area contributed by atoms with E-state index in [0.29, 0.717) is 12.1 Å². The summed E-state index contributed by atoms with van der Waals surface area (Å²) >= 11 is 0. The van der Waals surface area contributed by atoms with Gasteiger partial charge in [0.05, 0.1) is 12.2 Å². The van der Waals surface area contributed by atoms with Gasteiger partial charge in [0.1, 0.15) is 11.4 Å². The Morgan fingerprint density at radius 1 is 0.875 bits per heavy atom. The van der Waals surface area contributed by atoms with E-state index >= 15 is 0 Å². The number of amides is 1. The fraction of sp³-hybridized carbons (Fsp3) is 0.321. The van der Waals surface area contributed by atoms with Gasteiger partial charge < -0.3 is 15.0 Å². The predicted octanol–water partition coefficient (Wildman–Crippen LogP) is 6.59. The molecule has 4 rings (SSSR count).